The molecule has 2 aliphatic rings. The number of rotatable bonds is 5. The number of carbonyl (C=O) groups excluding carboxylic acids is 1. The van der Waals surface area contributed by atoms with E-state index in [1.165, 1.54) is 18.4 Å². The van der Waals surface area contributed by atoms with Crippen molar-refractivity contribution in [1.29, 1.82) is 5.26 Å². The summed E-state index contributed by atoms with van der Waals surface area (Å²) in [6.07, 6.45) is -0.661. The SMILES string of the molecule is CC(C#N)CN(C(=O)Nc1cccc(C2CCN(C)CC2)c1)C1CC1.O=C(O)C(F)(F)F. The highest BCUT2D eigenvalue weighted by Gasteiger charge is 2.38. The molecule has 1 aliphatic carbocycles. The van der Waals surface area contributed by atoms with Crippen molar-refractivity contribution in [2.24, 2.45) is 5.92 Å². The number of hydrogen-bond acceptors (Lipinski definition) is 4. The molecule has 2 amide bonds. The van der Waals surface area contributed by atoms with Crippen LogP contribution in [0.15, 0.2) is 24.3 Å². The number of carboxylic acid groups (broad SMARTS) is 1. The van der Waals surface area contributed by atoms with Crippen LogP contribution in [-0.4, -0.2) is 65.8 Å². The van der Waals surface area contributed by atoms with Crippen LogP contribution in [0.5, 0.6) is 0 Å². The highest BCUT2D eigenvalue weighted by atomic mass is 19.4. The molecule has 1 saturated carbocycles. The third-order valence-electron chi connectivity index (χ3n) is 5.51. The molecule has 7 nitrogen and oxygen atoms in total. The highest BCUT2D eigenvalue weighted by molar-refractivity contribution is 5.89. The van der Waals surface area contributed by atoms with Crippen LogP contribution < -0.4 is 5.32 Å². The van der Waals surface area contributed by atoms with E-state index in [-0.39, 0.29) is 11.9 Å². The quantitative estimate of drug-likeness (QED) is 0.692. The summed E-state index contributed by atoms with van der Waals surface area (Å²) in [4.78, 5) is 25.8. The largest absolute Gasteiger partial charge is 0.490 e. The predicted octanol–water partition coefficient (Wildman–Crippen LogP) is 4.29. The first kappa shape index (κ1) is 25.5. The number of urea groups is 1. The molecule has 1 saturated heterocycles. The number of carboxylic acids is 1. The van der Waals surface area contributed by atoms with Gasteiger partial charge in [-0.2, -0.15) is 18.4 Å². The second-order valence-electron chi connectivity index (χ2n) is 8.35. The number of nitrogens with one attached hydrogen (secondary N) is 1. The molecule has 0 radical (unpaired) electrons. The van der Waals surface area contributed by atoms with Gasteiger partial charge in [-0.15, -0.1) is 0 Å². The first-order valence-electron chi connectivity index (χ1n) is 10.6. The van der Waals surface area contributed by atoms with Crippen molar-refractivity contribution in [3.8, 4) is 6.07 Å². The molecule has 1 heterocycles. The number of alkyl halides is 3. The molecule has 2 fully saturated rings. The lowest BCUT2D eigenvalue weighted by Gasteiger charge is -2.29. The Kier molecular flexibility index (Phi) is 8.89. The fourth-order valence-corrected chi connectivity index (χ4v) is 3.53. The van der Waals surface area contributed by atoms with Crippen molar-refractivity contribution in [3.63, 3.8) is 0 Å². The molecule has 0 aromatic heterocycles. The number of nitrogens with zero attached hydrogens (tertiary/aromatic N) is 3. The minimum absolute atomic E-state index is 0.0786. The fourth-order valence-electron chi connectivity index (χ4n) is 3.53. The van der Waals surface area contributed by atoms with Crippen LogP contribution >= 0.6 is 0 Å². The average molecular weight is 454 g/mol. The number of anilines is 1. The number of hydrogen-bond donors (Lipinski definition) is 2. The maximum Gasteiger partial charge on any atom is 0.490 e. The topological polar surface area (TPSA) is 96.7 Å². The zero-order valence-electron chi connectivity index (χ0n) is 18.2. The van der Waals surface area contributed by atoms with Gasteiger partial charge in [0.15, 0.2) is 0 Å². The Morgan fingerprint density at radius 2 is 1.88 bits per heavy atom. The van der Waals surface area contributed by atoms with E-state index < -0.39 is 12.1 Å². The molecule has 0 bridgehead atoms. The molecule has 3 rings (SSSR count). The Morgan fingerprint density at radius 1 is 1.28 bits per heavy atom. The molecule has 176 valence electrons. The lowest BCUT2D eigenvalue weighted by atomic mass is 9.89. The maximum atomic E-state index is 12.7. The summed E-state index contributed by atoms with van der Waals surface area (Å²) < 4.78 is 31.7. The maximum absolute atomic E-state index is 12.7. The molecule has 1 aliphatic heterocycles. The summed E-state index contributed by atoms with van der Waals surface area (Å²) in [6.45, 7) is 4.62. The van der Waals surface area contributed by atoms with E-state index in [4.69, 9.17) is 15.2 Å². The molecule has 1 unspecified atom stereocenters. The summed E-state index contributed by atoms with van der Waals surface area (Å²) in [5, 5.41) is 19.2. The Morgan fingerprint density at radius 3 is 2.38 bits per heavy atom. The van der Waals surface area contributed by atoms with Crippen LogP contribution in [0.25, 0.3) is 0 Å². The minimum atomic E-state index is -5.08. The smallest absolute Gasteiger partial charge is 0.475 e. The van der Waals surface area contributed by atoms with Crippen LogP contribution in [0.1, 0.15) is 44.1 Å². The number of benzene rings is 1. The van der Waals surface area contributed by atoms with Crippen LogP contribution in [0, 0.1) is 17.2 Å². The van der Waals surface area contributed by atoms with Gasteiger partial charge in [-0.05, 0) is 76.4 Å². The van der Waals surface area contributed by atoms with Gasteiger partial charge < -0.3 is 20.2 Å². The Labute approximate surface area is 185 Å². The molecule has 1 aromatic rings. The number of carbonyl (C=O) groups is 2. The van der Waals surface area contributed by atoms with E-state index in [0.717, 1.165) is 31.6 Å². The van der Waals surface area contributed by atoms with Gasteiger partial charge in [-0.25, -0.2) is 9.59 Å². The van der Waals surface area contributed by atoms with Crippen molar-refractivity contribution < 1.29 is 27.9 Å². The summed E-state index contributed by atoms with van der Waals surface area (Å²) in [5.74, 6) is -2.32. The number of amides is 2. The number of aliphatic carboxylic acids is 1. The predicted molar refractivity (Wildman–Crippen MR) is 113 cm³/mol. The standard InChI is InChI=1S/C20H28N4O.C2HF3O2/c1-15(13-21)14-24(19-6-7-19)20(25)22-18-5-3-4-17(12-18)16-8-10-23(2)11-9-16;3-2(4,5)1(6)7/h3-5,12,15-16,19H,6-11,14H2,1-2H3,(H,22,25);(H,6,7). The van der Waals surface area contributed by atoms with Crippen LogP contribution in [0.3, 0.4) is 0 Å². The second kappa shape index (κ2) is 11.2. The van der Waals surface area contributed by atoms with E-state index in [1.807, 2.05) is 24.0 Å². The fraction of sp³-hybridized carbons (Fsp3) is 0.591. The normalized spacial score (nSPS) is 18.0. The summed E-state index contributed by atoms with van der Waals surface area (Å²) in [5.41, 5.74) is 2.17. The van der Waals surface area contributed by atoms with Gasteiger partial charge >= 0.3 is 18.2 Å². The first-order valence-corrected chi connectivity index (χ1v) is 10.6. The molecule has 2 N–H and O–H groups in total. The third-order valence-corrected chi connectivity index (χ3v) is 5.51. The lowest BCUT2D eigenvalue weighted by molar-refractivity contribution is -0.192. The summed E-state index contributed by atoms with van der Waals surface area (Å²) in [6, 6.07) is 10.7. The summed E-state index contributed by atoms with van der Waals surface area (Å²) in [7, 11) is 2.17. The Hall–Kier alpha value is -2.80. The van der Waals surface area contributed by atoms with Crippen LogP contribution in [0.2, 0.25) is 0 Å². The van der Waals surface area contributed by atoms with Gasteiger partial charge in [0.2, 0.25) is 0 Å². The molecule has 1 atom stereocenters. The van der Waals surface area contributed by atoms with Gasteiger partial charge in [0.25, 0.3) is 0 Å². The molecule has 1 aromatic carbocycles. The molecule has 10 heteroatoms. The molecule has 32 heavy (non-hydrogen) atoms. The first-order chi connectivity index (χ1) is 15.0. The van der Waals surface area contributed by atoms with Crippen molar-refractivity contribution in [2.45, 2.75) is 50.7 Å². The van der Waals surface area contributed by atoms with E-state index in [1.54, 1.807) is 0 Å². The zero-order valence-corrected chi connectivity index (χ0v) is 18.2. The summed E-state index contributed by atoms with van der Waals surface area (Å²) >= 11 is 0. The van der Waals surface area contributed by atoms with Crippen LogP contribution in [-0.2, 0) is 4.79 Å². The second-order valence-corrected chi connectivity index (χ2v) is 8.35. The van der Waals surface area contributed by atoms with E-state index in [9.17, 15) is 18.0 Å². The number of piperidine rings is 1. The van der Waals surface area contributed by atoms with Crippen LogP contribution in [0.4, 0.5) is 23.7 Å². The zero-order chi connectivity index (χ0) is 23.9. The number of nitriles is 1. The van der Waals surface area contributed by atoms with Gasteiger partial charge in [-0.3, -0.25) is 0 Å². The lowest BCUT2D eigenvalue weighted by Crippen LogP contribution is -2.39. The number of halogens is 3. The monoisotopic (exact) mass is 454 g/mol. The third kappa shape index (κ3) is 8.04. The van der Waals surface area contributed by atoms with Crippen molar-refractivity contribution in [1.82, 2.24) is 9.80 Å². The van der Waals surface area contributed by atoms with Crippen molar-refractivity contribution in [3.05, 3.63) is 29.8 Å². The van der Waals surface area contributed by atoms with Crippen molar-refractivity contribution in [2.75, 3.05) is 32.0 Å². The molecule has 0 spiro atoms. The number of likely N-dealkylation sites (tertiary alicyclic amines) is 1. The van der Waals surface area contributed by atoms with E-state index in [0.29, 0.717) is 18.5 Å². The van der Waals surface area contributed by atoms with Gasteiger partial charge in [-0.1, -0.05) is 12.1 Å². The van der Waals surface area contributed by atoms with E-state index in [2.05, 4.69) is 35.5 Å². The van der Waals surface area contributed by atoms with Gasteiger partial charge in [0.05, 0.1) is 12.0 Å². The Bertz CT molecular complexity index is 828. The molecular weight excluding hydrogens is 425 g/mol. The van der Waals surface area contributed by atoms with Crippen molar-refractivity contribution >= 4 is 17.7 Å². The average Bonchev–Trinajstić information content (AvgIpc) is 3.57. The van der Waals surface area contributed by atoms with Gasteiger partial charge in [0.1, 0.15) is 0 Å². The Balaban J connectivity index is 0.000000451. The minimum Gasteiger partial charge on any atom is -0.475 e. The molecular formula is C22H29F3N4O3. The highest BCUT2D eigenvalue weighted by Crippen LogP contribution is 2.30. The van der Waals surface area contributed by atoms with Gasteiger partial charge in [0, 0.05) is 18.3 Å². The van der Waals surface area contributed by atoms with E-state index >= 15 is 0 Å².